The van der Waals surface area contributed by atoms with E-state index in [-0.39, 0.29) is 17.7 Å². The SMILES string of the molecule is O=c1c2sc(=S)n(CCc3ccccc3)c2nc(SCc2cc(=O)n3cc(Cl)ccc3n2)n1Cc1ccco1. The van der Waals surface area contributed by atoms with Crippen LogP contribution in [0.1, 0.15) is 17.0 Å². The van der Waals surface area contributed by atoms with Gasteiger partial charge in [0.25, 0.3) is 11.1 Å². The fourth-order valence-corrected chi connectivity index (χ4v) is 6.61. The third-order valence-corrected chi connectivity index (χ3v) is 8.79. The van der Waals surface area contributed by atoms with Crippen LogP contribution in [0.5, 0.6) is 0 Å². The number of furan rings is 1. The Morgan fingerprint density at radius 2 is 1.87 bits per heavy atom. The highest BCUT2D eigenvalue weighted by molar-refractivity contribution is 7.98. The number of nitrogens with zero attached hydrogens (tertiary/aromatic N) is 5. The van der Waals surface area contributed by atoms with Crippen molar-refractivity contribution >= 4 is 62.9 Å². The summed E-state index contributed by atoms with van der Waals surface area (Å²) in [6.07, 6.45) is 3.87. The first-order valence-corrected chi connectivity index (χ1v) is 14.6. The van der Waals surface area contributed by atoms with Gasteiger partial charge in [0.15, 0.2) is 14.8 Å². The number of thiazole rings is 1. The summed E-state index contributed by atoms with van der Waals surface area (Å²) in [7, 11) is 0. The van der Waals surface area contributed by atoms with Crippen molar-refractivity contribution in [1.82, 2.24) is 23.5 Å². The molecule has 0 unspecified atom stereocenters. The van der Waals surface area contributed by atoms with E-state index in [0.717, 1.165) is 6.42 Å². The van der Waals surface area contributed by atoms with Crippen LogP contribution in [0, 0.1) is 3.95 Å². The second-order valence-corrected chi connectivity index (χ2v) is 11.7. The summed E-state index contributed by atoms with van der Waals surface area (Å²) < 4.78 is 11.5. The fraction of sp³-hybridized carbons (Fsp3) is 0.148. The number of benzene rings is 1. The monoisotopic (exact) mass is 593 g/mol. The lowest BCUT2D eigenvalue weighted by atomic mass is 10.1. The molecule has 39 heavy (non-hydrogen) atoms. The Labute approximate surface area is 240 Å². The Bertz CT molecular complexity index is 1980. The molecule has 5 heterocycles. The maximum absolute atomic E-state index is 13.7. The van der Waals surface area contributed by atoms with E-state index in [1.165, 1.54) is 45.3 Å². The lowest BCUT2D eigenvalue weighted by molar-refractivity contribution is 0.476. The maximum atomic E-state index is 13.7. The molecule has 0 saturated carbocycles. The van der Waals surface area contributed by atoms with Crippen LogP contribution in [-0.4, -0.2) is 23.5 Å². The molecule has 0 amide bonds. The molecule has 0 spiro atoms. The molecule has 0 bridgehead atoms. The Morgan fingerprint density at radius 1 is 1.03 bits per heavy atom. The molecule has 12 heteroatoms. The van der Waals surface area contributed by atoms with Crippen LogP contribution in [0.15, 0.2) is 92.3 Å². The van der Waals surface area contributed by atoms with Gasteiger partial charge in [-0.15, -0.1) is 0 Å². The molecule has 1 aromatic carbocycles. The third-order valence-electron chi connectivity index (χ3n) is 6.13. The van der Waals surface area contributed by atoms with Crippen molar-refractivity contribution in [2.75, 3.05) is 0 Å². The lowest BCUT2D eigenvalue weighted by Crippen LogP contribution is -2.24. The maximum Gasteiger partial charge on any atom is 0.274 e. The van der Waals surface area contributed by atoms with Gasteiger partial charge in [0.05, 0.1) is 23.5 Å². The van der Waals surface area contributed by atoms with E-state index in [1.807, 2.05) is 28.8 Å². The largest absolute Gasteiger partial charge is 0.467 e. The molecule has 8 nitrogen and oxygen atoms in total. The van der Waals surface area contributed by atoms with Gasteiger partial charge in [-0.1, -0.05) is 65.0 Å². The van der Waals surface area contributed by atoms with Crippen LogP contribution >= 0.6 is 46.9 Å². The van der Waals surface area contributed by atoms with Gasteiger partial charge >= 0.3 is 0 Å². The van der Waals surface area contributed by atoms with E-state index in [4.69, 9.17) is 33.2 Å². The number of fused-ring (bicyclic) bond motifs is 2. The van der Waals surface area contributed by atoms with Gasteiger partial charge in [0, 0.05) is 24.6 Å². The zero-order valence-electron chi connectivity index (χ0n) is 20.3. The molecule has 0 saturated heterocycles. The highest BCUT2D eigenvalue weighted by Gasteiger charge is 2.19. The van der Waals surface area contributed by atoms with Crippen molar-refractivity contribution in [3.8, 4) is 0 Å². The Kier molecular flexibility index (Phi) is 7.22. The zero-order chi connectivity index (χ0) is 26.9. The summed E-state index contributed by atoms with van der Waals surface area (Å²) in [5.41, 5.74) is 2.37. The molecular weight excluding hydrogens is 574 g/mol. The summed E-state index contributed by atoms with van der Waals surface area (Å²) in [5, 5.41) is 0.939. The predicted octanol–water partition coefficient (Wildman–Crippen LogP) is 5.83. The van der Waals surface area contributed by atoms with Crippen molar-refractivity contribution in [2.24, 2.45) is 0 Å². The van der Waals surface area contributed by atoms with Gasteiger partial charge in [-0.3, -0.25) is 18.6 Å². The molecule has 196 valence electrons. The summed E-state index contributed by atoms with van der Waals surface area (Å²) in [6.45, 7) is 0.825. The molecular formula is C27H20ClN5O3S3. The Hall–Kier alpha value is -3.51. The van der Waals surface area contributed by atoms with Gasteiger partial charge < -0.3 is 8.98 Å². The van der Waals surface area contributed by atoms with Crippen LogP contribution in [-0.2, 0) is 25.3 Å². The number of hydrogen-bond donors (Lipinski definition) is 0. The summed E-state index contributed by atoms with van der Waals surface area (Å²) >= 11 is 14.3. The van der Waals surface area contributed by atoms with Gasteiger partial charge in [-0.25, -0.2) is 9.97 Å². The van der Waals surface area contributed by atoms with Gasteiger partial charge in [0.2, 0.25) is 0 Å². The summed E-state index contributed by atoms with van der Waals surface area (Å²) in [6, 6.07) is 18.6. The predicted molar refractivity (Wildman–Crippen MR) is 157 cm³/mol. The lowest BCUT2D eigenvalue weighted by Gasteiger charge is -2.12. The van der Waals surface area contributed by atoms with Crippen molar-refractivity contribution < 1.29 is 4.42 Å². The first-order chi connectivity index (χ1) is 19.0. The van der Waals surface area contributed by atoms with Crippen LogP contribution < -0.4 is 11.1 Å². The van der Waals surface area contributed by atoms with E-state index >= 15 is 0 Å². The molecule has 0 aliphatic rings. The second kappa shape index (κ2) is 10.9. The molecule has 0 aliphatic heterocycles. The molecule has 5 aromatic heterocycles. The zero-order valence-corrected chi connectivity index (χ0v) is 23.5. The Balaban J connectivity index is 1.39. The van der Waals surface area contributed by atoms with Crippen LogP contribution in [0.2, 0.25) is 5.02 Å². The number of pyridine rings is 1. The Morgan fingerprint density at radius 3 is 2.67 bits per heavy atom. The van der Waals surface area contributed by atoms with E-state index in [1.54, 1.807) is 29.0 Å². The molecule has 0 aliphatic carbocycles. The van der Waals surface area contributed by atoms with Gasteiger partial charge in [-0.05, 0) is 48.5 Å². The van der Waals surface area contributed by atoms with Crippen LogP contribution in [0.3, 0.4) is 0 Å². The minimum Gasteiger partial charge on any atom is -0.467 e. The molecule has 0 atom stereocenters. The van der Waals surface area contributed by atoms with Crippen LogP contribution in [0.25, 0.3) is 16.0 Å². The number of aryl methyl sites for hydroxylation is 2. The highest BCUT2D eigenvalue weighted by atomic mass is 35.5. The molecule has 0 radical (unpaired) electrons. The topological polar surface area (TPSA) is 87.3 Å². The quantitative estimate of drug-likeness (QED) is 0.125. The van der Waals surface area contributed by atoms with E-state index in [9.17, 15) is 9.59 Å². The first kappa shape index (κ1) is 25.8. The van der Waals surface area contributed by atoms with Crippen molar-refractivity contribution in [3.63, 3.8) is 0 Å². The number of halogens is 1. The molecule has 0 fully saturated rings. The first-order valence-electron chi connectivity index (χ1n) is 12.0. The number of hydrogen-bond acceptors (Lipinski definition) is 8. The van der Waals surface area contributed by atoms with Crippen molar-refractivity contribution in [2.45, 2.75) is 30.4 Å². The van der Waals surface area contributed by atoms with Crippen molar-refractivity contribution in [3.05, 3.63) is 120 Å². The van der Waals surface area contributed by atoms with Gasteiger partial charge in [-0.2, -0.15) is 0 Å². The van der Waals surface area contributed by atoms with Gasteiger partial charge in [0.1, 0.15) is 16.1 Å². The standard InChI is InChI=1S/C27H20ClN5O3S3/c28-18-8-9-21-29-19(13-22(34)32(21)14-18)16-38-26-30-24-23(25(35)33(26)15-20-7-4-12-36-20)39-27(37)31(24)11-10-17-5-2-1-3-6-17/h1-9,12-14H,10-11,15-16H2. The average molecular weight is 594 g/mol. The summed E-state index contributed by atoms with van der Waals surface area (Å²) in [4.78, 5) is 35.9. The average Bonchev–Trinajstić information content (AvgIpc) is 3.56. The van der Waals surface area contributed by atoms with Crippen molar-refractivity contribution in [1.29, 1.82) is 0 Å². The number of thioether (sulfide) groups is 1. The number of rotatable bonds is 8. The third kappa shape index (κ3) is 5.35. The highest BCUT2D eigenvalue weighted by Crippen LogP contribution is 2.26. The van der Waals surface area contributed by atoms with E-state index in [2.05, 4.69) is 17.1 Å². The number of aromatic nitrogens is 5. The molecule has 6 aromatic rings. The minimum atomic E-state index is -0.234. The molecule has 0 N–H and O–H groups in total. The summed E-state index contributed by atoms with van der Waals surface area (Å²) in [5.74, 6) is 0.963. The molecule has 6 rings (SSSR count). The van der Waals surface area contributed by atoms with E-state index < -0.39 is 0 Å². The normalized spacial score (nSPS) is 11.5. The van der Waals surface area contributed by atoms with Crippen LogP contribution in [0.4, 0.5) is 0 Å². The smallest absolute Gasteiger partial charge is 0.274 e. The minimum absolute atomic E-state index is 0.186. The second-order valence-electron chi connectivity index (χ2n) is 8.72. The van der Waals surface area contributed by atoms with E-state index in [0.29, 0.717) is 53.9 Å². The fourth-order valence-electron chi connectivity index (χ4n) is 4.24.